The predicted octanol–water partition coefficient (Wildman–Crippen LogP) is 3.39. The van der Waals surface area contributed by atoms with Gasteiger partial charge in [-0.1, -0.05) is 12.1 Å². The standard InChI is InChI=1S/C17H21N3O2S.HI/c1-2-18-17(20-11-14-4-3-9-23-14)19-8-7-13-5-6-15-16(10-13)22-12-21-15;/h3-6,9-10H,2,7-8,11-12H2,1H3,(H2,18,19,20);1H. The molecule has 1 aliphatic heterocycles. The Kier molecular flexibility index (Phi) is 7.64. The summed E-state index contributed by atoms with van der Waals surface area (Å²) in [5, 5.41) is 8.72. The fourth-order valence-corrected chi connectivity index (χ4v) is 2.95. The Bertz CT molecular complexity index is 662. The third-order valence-corrected chi connectivity index (χ3v) is 4.32. The molecule has 2 aromatic rings. The molecule has 1 aromatic carbocycles. The van der Waals surface area contributed by atoms with Crippen molar-refractivity contribution in [2.75, 3.05) is 19.9 Å². The summed E-state index contributed by atoms with van der Waals surface area (Å²) >= 11 is 1.73. The number of benzene rings is 1. The van der Waals surface area contributed by atoms with E-state index in [-0.39, 0.29) is 24.0 Å². The van der Waals surface area contributed by atoms with Gasteiger partial charge in [0.05, 0.1) is 6.54 Å². The van der Waals surface area contributed by atoms with Crippen LogP contribution in [0.2, 0.25) is 0 Å². The summed E-state index contributed by atoms with van der Waals surface area (Å²) in [6.07, 6.45) is 0.903. The number of hydrogen-bond donors (Lipinski definition) is 2. The molecule has 0 radical (unpaired) electrons. The molecule has 5 nitrogen and oxygen atoms in total. The van der Waals surface area contributed by atoms with Crippen molar-refractivity contribution in [2.24, 2.45) is 4.99 Å². The highest BCUT2D eigenvalue weighted by molar-refractivity contribution is 14.0. The first-order valence-electron chi connectivity index (χ1n) is 7.78. The monoisotopic (exact) mass is 459 g/mol. The molecule has 0 saturated carbocycles. The van der Waals surface area contributed by atoms with Crippen LogP contribution in [0.5, 0.6) is 11.5 Å². The van der Waals surface area contributed by atoms with Gasteiger partial charge in [0.15, 0.2) is 17.5 Å². The van der Waals surface area contributed by atoms with E-state index in [4.69, 9.17) is 9.47 Å². The van der Waals surface area contributed by atoms with Crippen molar-refractivity contribution in [1.29, 1.82) is 0 Å². The maximum atomic E-state index is 5.41. The zero-order valence-electron chi connectivity index (χ0n) is 13.6. The van der Waals surface area contributed by atoms with Crippen LogP contribution in [0.25, 0.3) is 0 Å². The molecule has 2 heterocycles. The number of fused-ring (bicyclic) bond motifs is 1. The van der Waals surface area contributed by atoms with E-state index in [2.05, 4.69) is 46.1 Å². The van der Waals surface area contributed by atoms with Gasteiger partial charge >= 0.3 is 0 Å². The Morgan fingerprint density at radius 2 is 2.08 bits per heavy atom. The average molecular weight is 459 g/mol. The molecule has 24 heavy (non-hydrogen) atoms. The average Bonchev–Trinajstić information content (AvgIpc) is 3.23. The van der Waals surface area contributed by atoms with E-state index in [1.165, 1.54) is 10.4 Å². The summed E-state index contributed by atoms with van der Waals surface area (Å²) in [5.41, 5.74) is 1.22. The SMILES string of the molecule is CCNC(=NCc1cccs1)NCCc1ccc2c(c1)OCO2.I. The first-order valence-corrected chi connectivity index (χ1v) is 8.66. The van der Waals surface area contributed by atoms with E-state index in [1.807, 2.05) is 12.1 Å². The molecule has 0 atom stereocenters. The summed E-state index contributed by atoms with van der Waals surface area (Å²) in [4.78, 5) is 5.87. The van der Waals surface area contributed by atoms with Gasteiger partial charge in [0.25, 0.3) is 0 Å². The lowest BCUT2D eigenvalue weighted by atomic mass is 10.1. The third kappa shape index (κ3) is 5.27. The number of hydrogen-bond acceptors (Lipinski definition) is 4. The van der Waals surface area contributed by atoms with Gasteiger partial charge in [0, 0.05) is 18.0 Å². The van der Waals surface area contributed by atoms with Crippen molar-refractivity contribution in [3.63, 3.8) is 0 Å². The molecule has 0 saturated heterocycles. The van der Waals surface area contributed by atoms with E-state index < -0.39 is 0 Å². The van der Waals surface area contributed by atoms with Gasteiger partial charge in [-0.3, -0.25) is 0 Å². The fraction of sp³-hybridized carbons (Fsp3) is 0.353. The van der Waals surface area contributed by atoms with Gasteiger partial charge in [-0.2, -0.15) is 0 Å². The van der Waals surface area contributed by atoms with Crippen molar-refractivity contribution in [2.45, 2.75) is 19.9 Å². The van der Waals surface area contributed by atoms with Crippen LogP contribution in [0.15, 0.2) is 40.7 Å². The van der Waals surface area contributed by atoms with Gasteiger partial charge in [0.1, 0.15) is 0 Å². The van der Waals surface area contributed by atoms with E-state index in [1.54, 1.807) is 11.3 Å². The van der Waals surface area contributed by atoms with Crippen LogP contribution < -0.4 is 20.1 Å². The Balaban J connectivity index is 0.00000208. The van der Waals surface area contributed by atoms with Crippen LogP contribution in [-0.4, -0.2) is 25.8 Å². The smallest absolute Gasteiger partial charge is 0.231 e. The van der Waals surface area contributed by atoms with Crippen LogP contribution in [0.1, 0.15) is 17.4 Å². The highest BCUT2D eigenvalue weighted by atomic mass is 127. The van der Waals surface area contributed by atoms with Crippen LogP contribution in [0.4, 0.5) is 0 Å². The largest absolute Gasteiger partial charge is 0.454 e. The van der Waals surface area contributed by atoms with Gasteiger partial charge in [-0.15, -0.1) is 35.3 Å². The number of rotatable bonds is 6. The van der Waals surface area contributed by atoms with Gasteiger partial charge < -0.3 is 20.1 Å². The fourth-order valence-electron chi connectivity index (χ4n) is 2.32. The summed E-state index contributed by atoms with van der Waals surface area (Å²) in [6, 6.07) is 10.2. The molecule has 0 fully saturated rings. The first-order chi connectivity index (χ1) is 11.3. The quantitative estimate of drug-likeness (QED) is 0.395. The minimum absolute atomic E-state index is 0. The second-order valence-corrected chi connectivity index (χ2v) is 6.17. The molecule has 0 amide bonds. The molecule has 7 heteroatoms. The van der Waals surface area contributed by atoms with Crippen LogP contribution in [0.3, 0.4) is 0 Å². The minimum atomic E-state index is 0. The topological polar surface area (TPSA) is 54.9 Å². The minimum Gasteiger partial charge on any atom is -0.454 e. The van der Waals surface area contributed by atoms with E-state index in [0.717, 1.165) is 37.0 Å². The Hall–Kier alpha value is -1.48. The van der Waals surface area contributed by atoms with Crippen molar-refractivity contribution in [3.05, 3.63) is 46.2 Å². The summed E-state index contributed by atoms with van der Waals surface area (Å²) < 4.78 is 10.7. The molecule has 0 aliphatic carbocycles. The molecule has 0 unspecified atom stereocenters. The highest BCUT2D eigenvalue weighted by Gasteiger charge is 2.12. The highest BCUT2D eigenvalue weighted by Crippen LogP contribution is 2.32. The van der Waals surface area contributed by atoms with E-state index in [9.17, 15) is 0 Å². The number of aliphatic imine (C=N–C) groups is 1. The number of halogens is 1. The van der Waals surface area contributed by atoms with Crippen LogP contribution in [-0.2, 0) is 13.0 Å². The van der Waals surface area contributed by atoms with Crippen molar-refractivity contribution in [3.8, 4) is 11.5 Å². The van der Waals surface area contributed by atoms with E-state index >= 15 is 0 Å². The van der Waals surface area contributed by atoms with Gasteiger partial charge in [-0.25, -0.2) is 4.99 Å². The van der Waals surface area contributed by atoms with Crippen molar-refractivity contribution < 1.29 is 9.47 Å². The normalized spacial score (nSPS) is 12.6. The molecule has 1 aromatic heterocycles. The van der Waals surface area contributed by atoms with Gasteiger partial charge in [0.2, 0.25) is 6.79 Å². The predicted molar refractivity (Wildman–Crippen MR) is 109 cm³/mol. The molecule has 3 rings (SSSR count). The number of thiophene rings is 1. The molecule has 2 N–H and O–H groups in total. The lowest BCUT2D eigenvalue weighted by molar-refractivity contribution is 0.174. The second kappa shape index (κ2) is 9.73. The second-order valence-electron chi connectivity index (χ2n) is 5.14. The maximum Gasteiger partial charge on any atom is 0.231 e. The third-order valence-electron chi connectivity index (χ3n) is 3.46. The van der Waals surface area contributed by atoms with Crippen LogP contribution >= 0.6 is 35.3 Å². The molecule has 1 aliphatic rings. The molecular weight excluding hydrogens is 437 g/mol. The summed E-state index contributed by atoms with van der Waals surface area (Å²) in [5.74, 6) is 2.51. The lowest BCUT2D eigenvalue weighted by Gasteiger charge is -2.11. The zero-order valence-corrected chi connectivity index (χ0v) is 16.7. The number of nitrogens with zero attached hydrogens (tertiary/aromatic N) is 1. The molecular formula is C17H22IN3O2S. The first kappa shape index (κ1) is 18.9. The number of ether oxygens (including phenoxy) is 2. The Morgan fingerprint density at radius 1 is 1.21 bits per heavy atom. The van der Waals surface area contributed by atoms with Crippen LogP contribution in [0, 0.1) is 0 Å². The summed E-state index contributed by atoms with van der Waals surface area (Å²) in [7, 11) is 0. The van der Waals surface area contributed by atoms with Crippen molar-refractivity contribution >= 4 is 41.3 Å². The van der Waals surface area contributed by atoms with E-state index in [0.29, 0.717) is 13.3 Å². The Morgan fingerprint density at radius 3 is 2.88 bits per heavy atom. The number of guanidine groups is 1. The van der Waals surface area contributed by atoms with Crippen molar-refractivity contribution in [1.82, 2.24) is 10.6 Å². The molecule has 0 bridgehead atoms. The number of nitrogens with one attached hydrogen (secondary N) is 2. The maximum absolute atomic E-state index is 5.41. The molecule has 0 spiro atoms. The Labute approximate surface area is 163 Å². The lowest BCUT2D eigenvalue weighted by Crippen LogP contribution is -2.38. The molecule has 130 valence electrons. The zero-order chi connectivity index (χ0) is 15.9. The summed E-state index contributed by atoms with van der Waals surface area (Å²) in [6.45, 7) is 4.75. The van der Waals surface area contributed by atoms with Gasteiger partial charge in [-0.05, 0) is 42.5 Å².